The van der Waals surface area contributed by atoms with E-state index in [1.165, 1.54) is 11.1 Å². The summed E-state index contributed by atoms with van der Waals surface area (Å²) < 4.78 is 11.9. The van der Waals surface area contributed by atoms with Gasteiger partial charge in [0.2, 0.25) is 0 Å². The fraction of sp³-hybridized carbons (Fsp3) is 0.250. The molecule has 2 radical (unpaired) electrons. The van der Waals surface area contributed by atoms with Gasteiger partial charge < -0.3 is 9.31 Å². The summed E-state index contributed by atoms with van der Waals surface area (Å²) in [5.41, 5.74) is 3.05. The second kappa shape index (κ2) is 9.76. The summed E-state index contributed by atoms with van der Waals surface area (Å²) in [5, 5.41) is 0. The van der Waals surface area contributed by atoms with Crippen molar-refractivity contribution < 1.29 is 26.4 Å². The zero-order valence-corrected chi connectivity index (χ0v) is 18.0. The van der Waals surface area contributed by atoms with Gasteiger partial charge in [0, 0.05) is 0 Å². The van der Waals surface area contributed by atoms with E-state index in [-0.39, 0.29) is 35.4 Å². The first-order chi connectivity index (χ1) is 12.9. The minimum atomic E-state index is -0.292. The van der Waals surface area contributed by atoms with Crippen LogP contribution in [0.1, 0.15) is 27.7 Å². The Morgan fingerprint density at radius 3 is 2.07 bits per heavy atom. The van der Waals surface area contributed by atoms with Crippen LogP contribution in [-0.4, -0.2) is 18.3 Å². The molecule has 28 heavy (non-hydrogen) atoms. The molecule has 3 aliphatic carbocycles. The van der Waals surface area contributed by atoms with E-state index in [0.717, 1.165) is 5.57 Å². The summed E-state index contributed by atoms with van der Waals surface area (Å²) in [5.74, 6) is 1.98. The van der Waals surface area contributed by atoms with Gasteiger partial charge in [-0.1, -0.05) is 35.9 Å². The van der Waals surface area contributed by atoms with E-state index in [1.807, 2.05) is 37.4 Å². The Labute approximate surface area is 181 Å². The van der Waals surface area contributed by atoms with Gasteiger partial charge >= 0.3 is 24.2 Å². The smallest absolute Gasteiger partial charge is 0.400 e. The van der Waals surface area contributed by atoms with E-state index in [4.69, 9.17) is 9.31 Å². The van der Waals surface area contributed by atoms with Crippen molar-refractivity contribution >= 4 is 7.12 Å². The van der Waals surface area contributed by atoms with Crippen molar-refractivity contribution in [3.05, 3.63) is 109 Å². The summed E-state index contributed by atoms with van der Waals surface area (Å²) in [6.07, 6.45) is 28.9. The van der Waals surface area contributed by atoms with Crippen molar-refractivity contribution in [2.75, 3.05) is 0 Å². The van der Waals surface area contributed by atoms with E-state index < -0.39 is 0 Å². The topological polar surface area (TPSA) is 18.5 Å². The van der Waals surface area contributed by atoms with Gasteiger partial charge in [0.25, 0.3) is 0 Å². The molecule has 0 unspecified atom stereocenters. The minimum Gasteiger partial charge on any atom is -0.400 e. The van der Waals surface area contributed by atoms with Gasteiger partial charge in [-0.2, -0.15) is 0 Å². The Morgan fingerprint density at radius 2 is 1.61 bits per heavy atom. The molecule has 0 aromatic rings. The molecule has 2 nitrogen and oxygen atoms in total. The molecule has 0 atom stereocenters. The van der Waals surface area contributed by atoms with Crippen LogP contribution in [0.25, 0.3) is 0 Å². The van der Waals surface area contributed by atoms with E-state index in [0.29, 0.717) is 0 Å². The molecule has 0 N–H and O–H groups in total. The number of allylic oxidation sites excluding steroid dienone is 13. The van der Waals surface area contributed by atoms with Crippen LogP contribution in [0, 0.1) is 25.7 Å². The van der Waals surface area contributed by atoms with Gasteiger partial charge in [0.15, 0.2) is 0 Å². The van der Waals surface area contributed by atoms with Crippen LogP contribution in [0.4, 0.5) is 0 Å². The Balaban J connectivity index is 0.000000408. The van der Waals surface area contributed by atoms with Crippen LogP contribution in [0.2, 0.25) is 0 Å². The van der Waals surface area contributed by atoms with Crippen LogP contribution in [0.3, 0.4) is 0 Å². The third-order valence-electron chi connectivity index (χ3n) is 5.18. The van der Waals surface area contributed by atoms with Gasteiger partial charge in [0.05, 0.1) is 11.2 Å². The molecule has 0 aromatic carbocycles. The van der Waals surface area contributed by atoms with Crippen LogP contribution in [0.5, 0.6) is 0 Å². The van der Waals surface area contributed by atoms with Crippen molar-refractivity contribution in [1.29, 1.82) is 0 Å². The number of hydrogen-bond donors (Lipinski definition) is 0. The predicted molar refractivity (Wildman–Crippen MR) is 114 cm³/mol. The van der Waals surface area contributed by atoms with E-state index in [2.05, 4.69) is 82.7 Å². The van der Waals surface area contributed by atoms with Gasteiger partial charge in [-0.3, -0.25) is 0 Å². The molecule has 1 saturated heterocycles. The predicted octanol–water partition coefficient (Wildman–Crippen LogP) is 5.46. The van der Waals surface area contributed by atoms with Crippen LogP contribution in [-0.2, 0) is 26.4 Å². The molecule has 4 aliphatic rings. The van der Waals surface area contributed by atoms with Crippen LogP contribution in [0.15, 0.2) is 83.5 Å². The van der Waals surface area contributed by atoms with Crippen molar-refractivity contribution in [2.24, 2.45) is 0 Å². The third kappa shape index (κ3) is 5.72. The molecule has 0 aromatic heterocycles. The van der Waals surface area contributed by atoms with E-state index in [1.54, 1.807) is 0 Å². The van der Waals surface area contributed by atoms with Crippen LogP contribution >= 0.6 is 0 Å². The second-order valence-electron chi connectivity index (χ2n) is 7.74. The fourth-order valence-electron chi connectivity index (χ4n) is 2.83. The molecule has 1 fully saturated rings. The number of hydrogen-bond acceptors (Lipinski definition) is 2. The fourth-order valence-corrected chi connectivity index (χ4v) is 2.83. The molecule has 4 heteroatoms. The second-order valence-corrected chi connectivity index (χ2v) is 7.74. The molecule has 146 valence electrons. The number of rotatable bonds is 2. The molecule has 1 heterocycles. The van der Waals surface area contributed by atoms with Gasteiger partial charge in [-0.05, 0) is 27.7 Å². The Hall–Kier alpha value is -1.58. The molecule has 0 bridgehead atoms. The maximum Gasteiger partial charge on any atom is 2.00 e. The summed E-state index contributed by atoms with van der Waals surface area (Å²) >= 11 is 0. The SMILES string of the molecule is CC1(C)OB(/C=C/C2=C[CH-]C(=C3C=CC=C3)C=C2)OC1(C)C.[CH]1[CH][CH-]C=C1.[Fe+2]. The molecule has 0 spiro atoms. The normalized spacial score (nSPS) is 23.3. The zero-order valence-electron chi connectivity index (χ0n) is 16.9. The summed E-state index contributed by atoms with van der Waals surface area (Å²) in [7, 11) is -0.292. The zero-order chi connectivity index (χ0) is 19.3. The quantitative estimate of drug-likeness (QED) is 0.441. The monoisotopic (exact) mass is 414 g/mol. The summed E-state index contributed by atoms with van der Waals surface area (Å²) in [4.78, 5) is 0. The van der Waals surface area contributed by atoms with Crippen LogP contribution < -0.4 is 0 Å². The van der Waals surface area contributed by atoms with Crippen molar-refractivity contribution in [3.63, 3.8) is 0 Å². The first-order valence-corrected chi connectivity index (χ1v) is 9.40. The Bertz CT molecular complexity index is 727. The minimum absolute atomic E-state index is 0. The standard InChI is InChI=1S/C19H22BO2.C5H5.Fe/c1-18(2)19(3,4)22-20(21-18)14-13-15-9-11-17(12-10-15)16-7-5-6-8-16;1-2-4-5-3-1;/h5-14H,1-4H3;1-5H;/q2*-1;+2/b14-13+;;. The molecular formula is C24H27BFeO2. The van der Waals surface area contributed by atoms with Crippen molar-refractivity contribution in [2.45, 2.75) is 38.9 Å². The molecule has 1 aliphatic heterocycles. The van der Waals surface area contributed by atoms with E-state index in [9.17, 15) is 0 Å². The van der Waals surface area contributed by atoms with Crippen molar-refractivity contribution in [1.82, 2.24) is 0 Å². The maximum atomic E-state index is 5.96. The maximum absolute atomic E-state index is 5.96. The van der Waals surface area contributed by atoms with Gasteiger partial charge in [-0.25, -0.2) is 18.6 Å². The largest absolute Gasteiger partial charge is 2.00 e. The first-order valence-electron chi connectivity index (χ1n) is 9.40. The van der Waals surface area contributed by atoms with Gasteiger partial charge in [0.1, 0.15) is 0 Å². The molecule has 4 rings (SSSR count). The first kappa shape index (κ1) is 22.7. The summed E-state index contributed by atoms with van der Waals surface area (Å²) in [6, 6.07) is 0. The molecular weight excluding hydrogens is 387 g/mol. The third-order valence-corrected chi connectivity index (χ3v) is 5.18. The van der Waals surface area contributed by atoms with E-state index >= 15 is 0 Å². The average Bonchev–Trinajstić information content (AvgIpc) is 3.37. The molecule has 0 saturated carbocycles. The Kier molecular flexibility index (Phi) is 7.91. The molecule has 0 amide bonds. The summed E-state index contributed by atoms with van der Waals surface area (Å²) in [6.45, 7) is 8.26. The van der Waals surface area contributed by atoms with Crippen molar-refractivity contribution in [3.8, 4) is 0 Å². The Morgan fingerprint density at radius 1 is 0.929 bits per heavy atom. The van der Waals surface area contributed by atoms with Gasteiger partial charge in [-0.15, -0.1) is 54.7 Å². The average molecular weight is 414 g/mol.